The van der Waals surface area contributed by atoms with Gasteiger partial charge in [-0.05, 0) is 20.3 Å². The first kappa shape index (κ1) is 25.5. The fraction of sp³-hybridized carbons (Fsp3) is 0.882. The van der Waals surface area contributed by atoms with Crippen LogP contribution >= 0.6 is 12.2 Å². The molecule has 0 fully saturated rings. The predicted molar refractivity (Wildman–Crippen MR) is 109 cm³/mol. The van der Waals surface area contributed by atoms with Crippen LogP contribution in [0.25, 0.3) is 0 Å². The Morgan fingerprint density at radius 3 is 1.62 bits per heavy atom. The summed E-state index contributed by atoms with van der Waals surface area (Å²) >= 11 is 4.62. The van der Waals surface area contributed by atoms with Crippen molar-refractivity contribution in [2.75, 3.05) is 5.75 Å². The fourth-order valence-corrected chi connectivity index (χ4v) is 6.84. The first-order valence-electron chi connectivity index (χ1n) is 9.16. The minimum absolute atomic E-state index is 0.321. The van der Waals surface area contributed by atoms with Gasteiger partial charge in [0, 0.05) is 0 Å². The molecule has 0 aliphatic carbocycles. The molecule has 0 spiro atoms. The van der Waals surface area contributed by atoms with Crippen molar-refractivity contribution < 1.29 is 26.7 Å². The Bertz CT molecular complexity index is 663. The highest BCUT2D eigenvalue weighted by atomic mass is 32.3. The first-order valence-corrected chi connectivity index (χ1v) is 12.7. The van der Waals surface area contributed by atoms with Gasteiger partial charge >= 0.3 is 5.97 Å². The van der Waals surface area contributed by atoms with Crippen LogP contribution in [0.3, 0.4) is 0 Å². The van der Waals surface area contributed by atoms with Gasteiger partial charge in [0.2, 0.25) is 13.4 Å². The lowest BCUT2D eigenvalue weighted by Gasteiger charge is -2.19. The highest BCUT2D eigenvalue weighted by Gasteiger charge is 2.48. The van der Waals surface area contributed by atoms with Crippen molar-refractivity contribution >= 4 is 41.4 Å². The molecule has 0 aliphatic heterocycles. The predicted octanol–water partition coefficient (Wildman–Crippen LogP) is 3.89. The molecule has 0 unspecified atom stereocenters. The summed E-state index contributed by atoms with van der Waals surface area (Å²) in [6, 6.07) is 0. The maximum absolute atomic E-state index is 12.2. The van der Waals surface area contributed by atoms with E-state index in [9.17, 15) is 21.6 Å². The molecular weight excluding hydrogens is 396 g/mol. The van der Waals surface area contributed by atoms with E-state index in [0.29, 0.717) is 12.8 Å². The van der Waals surface area contributed by atoms with Crippen LogP contribution in [-0.4, -0.2) is 41.9 Å². The molecule has 0 heterocycles. The van der Waals surface area contributed by atoms with Crippen LogP contribution in [-0.2, 0) is 24.5 Å². The van der Waals surface area contributed by atoms with Crippen LogP contribution in [0.2, 0.25) is 0 Å². The van der Waals surface area contributed by atoms with E-state index in [1.165, 1.54) is 32.1 Å². The zero-order valence-corrected chi connectivity index (χ0v) is 18.4. The Hall–Kier alpha value is -0.540. The van der Waals surface area contributed by atoms with Gasteiger partial charge < -0.3 is 5.11 Å². The Kier molecular flexibility index (Phi) is 11.1. The number of hydrogen-bond donors (Lipinski definition) is 1. The molecule has 0 saturated carbocycles. The summed E-state index contributed by atoms with van der Waals surface area (Å²) in [6.07, 6.45) is 10.2. The Morgan fingerprint density at radius 1 is 0.846 bits per heavy atom. The summed E-state index contributed by atoms with van der Waals surface area (Å²) in [4.78, 5) is 11.1. The van der Waals surface area contributed by atoms with Crippen molar-refractivity contribution in [3.63, 3.8) is 0 Å². The van der Waals surface area contributed by atoms with E-state index in [-0.39, 0.29) is 5.75 Å². The molecule has 0 amide bonds. The number of unbranched alkanes of at least 4 members (excludes halogenated alkanes) is 9. The van der Waals surface area contributed by atoms with E-state index >= 15 is 0 Å². The van der Waals surface area contributed by atoms with Crippen LogP contribution in [0.15, 0.2) is 0 Å². The first-order chi connectivity index (χ1) is 11.9. The van der Waals surface area contributed by atoms with E-state index in [0.717, 1.165) is 33.1 Å². The molecule has 26 heavy (non-hydrogen) atoms. The van der Waals surface area contributed by atoms with Crippen LogP contribution in [0.5, 0.6) is 0 Å². The Labute approximate surface area is 163 Å². The lowest BCUT2D eigenvalue weighted by molar-refractivity contribution is -0.139. The topological polar surface area (TPSA) is 106 Å². The van der Waals surface area contributed by atoms with Gasteiger partial charge in [0.05, 0.1) is 5.75 Å². The number of carboxylic acids is 1. The highest BCUT2D eigenvalue weighted by Crippen LogP contribution is 2.23. The number of sulfone groups is 2. The standard InChI is InChI=1S/C17H32O6S3/c1-4-5-6-7-8-9-10-11-12-13-14-25(20,21)16(24)26(22,23)17(2,3)15(18)19/h4-14H2,1-3H3,(H,18,19). The third kappa shape index (κ3) is 7.60. The monoisotopic (exact) mass is 428 g/mol. The Morgan fingerprint density at radius 2 is 1.23 bits per heavy atom. The smallest absolute Gasteiger partial charge is 0.324 e. The maximum atomic E-state index is 12.2. The fourth-order valence-electron chi connectivity index (χ4n) is 2.35. The van der Waals surface area contributed by atoms with Gasteiger partial charge in [-0.1, -0.05) is 76.9 Å². The van der Waals surface area contributed by atoms with Crippen molar-refractivity contribution in [3.8, 4) is 0 Å². The van der Waals surface area contributed by atoms with Gasteiger partial charge in [-0.2, -0.15) is 0 Å². The molecule has 0 aliphatic rings. The summed E-state index contributed by atoms with van der Waals surface area (Å²) in [6.45, 7) is 4.05. The van der Waals surface area contributed by atoms with E-state index in [1.54, 1.807) is 0 Å². The molecule has 0 bridgehead atoms. The molecule has 0 aromatic rings. The van der Waals surface area contributed by atoms with Crippen LogP contribution in [0.1, 0.15) is 85.0 Å². The average molecular weight is 429 g/mol. The Balaban J connectivity index is 4.35. The number of aliphatic carboxylic acids is 1. The minimum Gasteiger partial charge on any atom is -0.480 e. The molecule has 1 N–H and O–H groups in total. The molecule has 6 nitrogen and oxygen atoms in total. The summed E-state index contributed by atoms with van der Waals surface area (Å²) in [7, 11) is -8.78. The van der Waals surface area contributed by atoms with Gasteiger partial charge in [-0.15, -0.1) is 0 Å². The zero-order valence-electron chi connectivity index (χ0n) is 16.0. The van der Waals surface area contributed by atoms with Crippen molar-refractivity contribution in [2.24, 2.45) is 0 Å². The van der Waals surface area contributed by atoms with Crippen molar-refractivity contribution in [2.45, 2.75) is 89.7 Å². The van der Waals surface area contributed by atoms with Gasteiger partial charge in [-0.25, -0.2) is 16.8 Å². The van der Waals surface area contributed by atoms with Crippen LogP contribution in [0, 0.1) is 0 Å². The number of carboxylic acid groups (broad SMARTS) is 1. The SMILES string of the molecule is CCCCCCCCCCCCS(=O)(=O)C(=S)S(=O)(=O)C(C)(C)C(=O)O. The summed E-state index contributed by atoms with van der Waals surface area (Å²) < 4.78 is 45.4. The molecule has 0 atom stereocenters. The lowest BCUT2D eigenvalue weighted by Crippen LogP contribution is -2.46. The molecule has 0 aromatic carbocycles. The van der Waals surface area contributed by atoms with E-state index in [1.807, 2.05) is 0 Å². The number of carbonyl (C=O) groups is 1. The van der Waals surface area contributed by atoms with Crippen molar-refractivity contribution in [1.82, 2.24) is 0 Å². The summed E-state index contributed by atoms with van der Waals surface area (Å²) in [5.41, 5.74) is 0. The average Bonchev–Trinajstić information content (AvgIpc) is 2.55. The summed E-state index contributed by atoms with van der Waals surface area (Å²) in [5.74, 6) is -1.99. The van der Waals surface area contributed by atoms with E-state index in [4.69, 9.17) is 5.11 Å². The molecule has 154 valence electrons. The second-order valence-corrected chi connectivity index (χ2v) is 12.7. The van der Waals surface area contributed by atoms with E-state index in [2.05, 4.69) is 19.1 Å². The van der Waals surface area contributed by atoms with Crippen LogP contribution < -0.4 is 0 Å². The van der Waals surface area contributed by atoms with Crippen molar-refractivity contribution in [1.29, 1.82) is 0 Å². The van der Waals surface area contributed by atoms with Gasteiger partial charge in [-0.3, -0.25) is 4.79 Å². The zero-order chi connectivity index (χ0) is 20.4. The van der Waals surface area contributed by atoms with E-state index < -0.39 is 33.9 Å². The van der Waals surface area contributed by atoms with Gasteiger partial charge in [0.1, 0.15) is 0 Å². The second kappa shape index (κ2) is 11.3. The molecule has 9 heteroatoms. The number of rotatable bonds is 13. The molecule has 0 radical (unpaired) electrons. The molecule has 0 rings (SSSR count). The highest BCUT2D eigenvalue weighted by molar-refractivity contribution is 8.41. The maximum Gasteiger partial charge on any atom is 0.324 e. The quantitative estimate of drug-likeness (QED) is 0.350. The van der Waals surface area contributed by atoms with Gasteiger partial charge in [0.15, 0.2) is 14.6 Å². The van der Waals surface area contributed by atoms with Crippen molar-refractivity contribution in [3.05, 3.63) is 0 Å². The van der Waals surface area contributed by atoms with Gasteiger partial charge in [0.25, 0.3) is 0 Å². The third-order valence-electron chi connectivity index (χ3n) is 4.43. The largest absolute Gasteiger partial charge is 0.480 e. The second-order valence-electron chi connectivity index (χ2n) is 7.07. The normalized spacial score (nSPS) is 12.9. The number of hydrogen-bond acceptors (Lipinski definition) is 6. The molecule has 0 aromatic heterocycles. The molecule has 0 saturated heterocycles. The third-order valence-corrected chi connectivity index (χ3v) is 10.6. The minimum atomic E-state index is -4.61. The number of thiocarbonyl (C=S) groups is 1. The summed E-state index contributed by atoms with van der Waals surface area (Å²) in [5, 5.41) is 9.02. The lowest BCUT2D eigenvalue weighted by atomic mass is 10.1. The molecular formula is C17H32O6S3. The van der Waals surface area contributed by atoms with Crippen LogP contribution in [0.4, 0.5) is 0 Å².